The Morgan fingerprint density at radius 3 is 2.57 bits per heavy atom. The lowest BCUT2D eigenvalue weighted by molar-refractivity contribution is 0.346. The van der Waals surface area contributed by atoms with Crippen molar-refractivity contribution in [3.63, 3.8) is 0 Å². The van der Waals surface area contributed by atoms with Crippen LogP contribution in [0.2, 0.25) is 0 Å². The molecule has 0 aromatic rings. The minimum Gasteiger partial charge on any atom is -0.339 e. The minimum atomic E-state index is 0.320. The Morgan fingerprint density at radius 2 is 2.07 bits per heavy atom. The van der Waals surface area contributed by atoms with Gasteiger partial charge >= 0.3 is 0 Å². The number of nitrogens with one attached hydrogen (secondary N) is 1. The SMILES string of the molecule is CC(C)CN1CNN=C1CC(C)(C)C. The molecule has 1 heterocycles. The van der Waals surface area contributed by atoms with E-state index in [9.17, 15) is 0 Å². The molecule has 3 nitrogen and oxygen atoms in total. The van der Waals surface area contributed by atoms with Gasteiger partial charge in [-0.05, 0) is 11.3 Å². The minimum absolute atomic E-state index is 0.320. The van der Waals surface area contributed by atoms with E-state index in [0.717, 1.165) is 19.6 Å². The average Bonchev–Trinajstić information content (AvgIpc) is 2.32. The van der Waals surface area contributed by atoms with Gasteiger partial charge in [-0.25, -0.2) is 0 Å². The van der Waals surface area contributed by atoms with Gasteiger partial charge in [-0.2, -0.15) is 5.10 Å². The van der Waals surface area contributed by atoms with E-state index in [2.05, 4.69) is 50.0 Å². The van der Waals surface area contributed by atoms with Crippen molar-refractivity contribution < 1.29 is 0 Å². The van der Waals surface area contributed by atoms with E-state index in [1.54, 1.807) is 0 Å². The second-order valence-electron chi connectivity index (χ2n) is 5.70. The molecule has 1 N–H and O–H groups in total. The van der Waals surface area contributed by atoms with Crippen molar-refractivity contribution >= 4 is 5.84 Å². The molecule has 1 aliphatic rings. The molecule has 1 rings (SSSR count). The maximum atomic E-state index is 4.35. The van der Waals surface area contributed by atoms with E-state index in [-0.39, 0.29) is 0 Å². The summed E-state index contributed by atoms with van der Waals surface area (Å²) in [6.07, 6.45) is 1.05. The number of nitrogens with zero attached hydrogens (tertiary/aromatic N) is 2. The molecule has 0 aliphatic carbocycles. The Morgan fingerprint density at radius 1 is 1.43 bits per heavy atom. The first-order valence-corrected chi connectivity index (χ1v) is 5.43. The number of hydrazone groups is 1. The van der Waals surface area contributed by atoms with Gasteiger partial charge in [0.2, 0.25) is 0 Å². The largest absolute Gasteiger partial charge is 0.339 e. The summed E-state index contributed by atoms with van der Waals surface area (Å²) in [4.78, 5) is 2.34. The lowest BCUT2D eigenvalue weighted by atomic mass is 9.91. The van der Waals surface area contributed by atoms with Crippen molar-refractivity contribution in [3.8, 4) is 0 Å². The van der Waals surface area contributed by atoms with Crippen LogP contribution in [0.4, 0.5) is 0 Å². The molecule has 82 valence electrons. The molecule has 3 heteroatoms. The van der Waals surface area contributed by atoms with Crippen LogP contribution >= 0.6 is 0 Å². The smallest absolute Gasteiger partial charge is 0.126 e. The molecule has 0 bridgehead atoms. The van der Waals surface area contributed by atoms with Crippen molar-refractivity contribution in [2.75, 3.05) is 13.2 Å². The van der Waals surface area contributed by atoms with E-state index in [1.807, 2.05) is 0 Å². The molecule has 0 radical (unpaired) electrons. The van der Waals surface area contributed by atoms with Crippen LogP contribution in [0.15, 0.2) is 5.10 Å². The fourth-order valence-electron chi connectivity index (χ4n) is 1.61. The van der Waals surface area contributed by atoms with Gasteiger partial charge in [0.15, 0.2) is 0 Å². The van der Waals surface area contributed by atoms with Crippen LogP contribution in [-0.4, -0.2) is 23.9 Å². The quantitative estimate of drug-likeness (QED) is 0.751. The Balaban J connectivity index is 2.51. The van der Waals surface area contributed by atoms with Gasteiger partial charge in [0.25, 0.3) is 0 Å². The highest BCUT2D eigenvalue weighted by molar-refractivity contribution is 5.83. The summed E-state index contributed by atoms with van der Waals surface area (Å²) >= 11 is 0. The first-order chi connectivity index (χ1) is 6.38. The highest BCUT2D eigenvalue weighted by Crippen LogP contribution is 2.21. The lowest BCUT2D eigenvalue weighted by Crippen LogP contribution is -2.34. The van der Waals surface area contributed by atoms with E-state index in [1.165, 1.54) is 5.84 Å². The number of rotatable bonds is 3. The molecule has 14 heavy (non-hydrogen) atoms. The van der Waals surface area contributed by atoms with Crippen LogP contribution in [0.1, 0.15) is 41.0 Å². The summed E-state index contributed by atoms with van der Waals surface area (Å²) in [5.41, 5.74) is 3.38. The number of amidine groups is 1. The van der Waals surface area contributed by atoms with Crippen molar-refractivity contribution in [2.24, 2.45) is 16.4 Å². The molecular weight excluding hydrogens is 174 g/mol. The Kier molecular flexibility index (Phi) is 3.40. The summed E-state index contributed by atoms with van der Waals surface area (Å²) < 4.78 is 0. The molecular formula is C11H23N3. The van der Waals surface area contributed by atoms with E-state index in [0.29, 0.717) is 11.3 Å². The molecule has 0 unspecified atom stereocenters. The predicted octanol–water partition coefficient (Wildman–Crippen LogP) is 2.25. The zero-order chi connectivity index (χ0) is 10.8. The summed E-state index contributed by atoms with van der Waals surface area (Å²) in [5, 5.41) is 4.35. The molecule has 0 saturated heterocycles. The van der Waals surface area contributed by atoms with Crippen molar-refractivity contribution in [2.45, 2.75) is 41.0 Å². The molecule has 0 amide bonds. The van der Waals surface area contributed by atoms with Gasteiger partial charge in [0, 0.05) is 13.0 Å². The zero-order valence-corrected chi connectivity index (χ0v) is 10.1. The van der Waals surface area contributed by atoms with Crippen LogP contribution in [-0.2, 0) is 0 Å². The zero-order valence-electron chi connectivity index (χ0n) is 10.1. The normalized spacial score (nSPS) is 17.3. The fraction of sp³-hybridized carbons (Fsp3) is 0.909. The summed E-state index contributed by atoms with van der Waals surface area (Å²) in [5.74, 6) is 1.91. The molecule has 0 aromatic heterocycles. The van der Waals surface area contributed by atoms with Crippen LogP contribution in [0.25, 0.3) is 0 Å². The summed E-state index contributed by atoms with van der Waals surface area (Å²) in [7, 11) is 0. The highest BCUT2D eigenvalue weighted by atomic mass is 15.5. The fourth-order valence-corrected chi connectivity index (χ4v) is 1.61. The van der Waals surface area contributed by atoms with E-state index >= 15 is 0 Å². The second kappa shape index (κ2) is 4.20. The van der Waals surface area contributed by atoms with Crippen LogP contribution in [0.5, 0.6) is 0 Å². The maximum absolute atomic E-state index is 4.35. The molecule has 0 aromatic carbocycles. The monoisotopic (exact) mass is 197 g/mol. The predicted molar refractivity (Wildman–Crippen MR) is 61.1 cm³/mol. The second-order valence-corrected chi connectivity index (χ2v) is 5.70. The first-order valence-electron chi connectivity index (χ1n) is 5.43. The van der Waals surface area contributed by atoms with Gasteiger partial charge in [-0.1, -0.05) is 34.6 Å². The van der Waals surface area contributed by atoms with E-state index in [4.69, 9.17) is 0 Å². The molecule has 0 fully saturated rings. The Hall–Kier alpha value is -0.730. The van der Waals surface area contributed by atoms with Crippen molar-refractivity contribution in [1.29, 1.82) is 0 Å². The third-order valence-electron chi connectivity index (χ3n) is 2.11. The topological polar surface area (TPSA) is 27.6 Å². The van der Waals surface area contributed by atoms with Crippen molar-refractivity contribution in [3.05, 3.63) is 0 Å². The van der Waals surface area contributed by atoms with Gasteiger partial charge in [0.1, 0.15) is 12.5 Å². The maximum Gasteiger partial charge on any atom is 0.126 e. The summed E-state index contributed by atoms with van der Waals surface area (Å²) in [6.45, 7) is 13.2. The van der Waals surface area contributed by atoms with Gasteiger partial charge in [-0.3, -0.25) is 5.43 Å². The number of hydrogen-bond donors (Lipinski definition) is 1. The van der Waals surface area contributed by atoms with E-state index < -0.39 is 0 Å². The van der Waals surface area contributed by atoms with Gasteiger partial charge < -0.3 is 4.90 Å². The summed E-state index contributed by atoms with van der Waals surface area (Å²) in [6, 6.07) is 0. The van der Waals surface area contributed by atoms with Crippen LogP contribution in [0.3, 0.4) is 0 Å². The third-order valence-corrected chi connectivity index (χ3v) is 2.11. The molecule has 1 aliphatic heterocycles. The third kappa shape index (κ3) is 3.56. The Labute approximate surface area is 87.6 Å². The standard InChI is InChI=1S/C11H23N3/c1-9(2)7-14-8-12-13-10(14)6-11(3,4)5/h9,12H,6-8H2,1-5H3. The lowest BCUT2D eigenvalue weighted by Gasteiger charge is -2.25. The molecule has 0 saturated carbocycles. The highest BCUT2D eigenvalue weighted by Gasteiger charge is 2.22. The Bertz CT molecular complexity index is 213. The number of hydrogen-bond acceptors (Lipinski definition) is 3. The molecule has 0 atom stereocenters. The van der Waals surface area contributed by atoms with Crippen molar-refractivity contribution in [1.82, 2.24) is 10.3 Å². The van der Waals surface area contributed by atoms with Gasteiger partial charge in [-0.15, -0.1) is 0 Å². The average molecular weight is 197 g/mol. The van der Waals surface area contributed by atoms with Crippen LogP contribution < -0.4 is 5.43 Å². The molecule has 0 spiro atoms. The first kappa shape index (κ1) is 11.3. The van der Waals surface area contributed by atoms with Gasteiger partial charge in [0.05, 0.1) is 0 Å². The van der Waals surface area contributed by atoms with Crippen LogP contribution in [0, 0.1) is 11.3 Å².